The minimum atomic E-state index is -0.336. The van der Waals surface area contributed by atoms with Gasteiger partial charge in [-0.15, -0.1) is 0 Å². The number of rotatable bonds is 5. The van der Waals surface area contributed by atoms with Crippen LogP contribution in [0.25, 0.3) is 0 Å². The van der Waals surface area contributed by atoms with Crippen molar-refractivity contribution in [3.8, 4) is 0 Å². The summed E-state index contributed by atoms with van der Waals surface area (Å²) < 4.78 is 5.79. The third-order valence-electron chi connectivity index (χ3n) is 3.05. The topological polar surface area (TPSA) is 82.7 Å². The van der Waals surface area contributed by atoms with E-state index in [1.54, 1.807) is 4.90 Å². The molecule has 0 spiro atoms. The second kappa shape index (κ2) is 7.99. The normalized spacial score (nSPS) is 10.3. The Bertz CT molecular complexity index is 501. The first-order valence-corrected chi connectivity index (χ1v) is 7.40. The molecule has 0 heterocycles. The number of anilines is 1. The molecule has 0 fully saturated rings. The van der Waals surface area contributed by atoms with Crippen LogP contribution in [0.3, 0.4) is 0 Å². The zero-order chi connectivity index (χ0) is 16.0. The fraction of sp³-hybridized carbons (Fsp3) is 0.429. The SMILES string of the molecule is CCN(C(=O)N(CCOC)C(=N)N)c1c(C)cccc1Br. The van der Waals surface area contributed by atoms with Crippen LogP contribution in [0.15, 0.2) is 22.7 Å². The summed E-state index contributed by atoms with van der Waals surface area (Å²) in [6.45, 7) is 4.84. The Kier molecular flexibility index (Phi) is 6.64. The smallest absolute Gasteiger partial charge is 0.331 e. The number of carbonyl (C=O) groups is 1. The summed E-state index contributed by atoms with van der Waals surface area (Å²) >= 11 is 3.47. The van der Waals surface area contributed by atoms with Gasteiger partial charge in [-0.2, -0.15) is 0 Å². The lowest BCUT2D eigenvalue weighted by Gasteiger charge is -2.30. The molecule has 0 aromatic heterocycles. The highest BCUT2D eigenvalue weighted by molar-refractivity contribution is 9.10. The highest BCUT2D eigenvalue weighted by Crippen LogP contribution is 2.30. The predicted octanol–water partition coefficient (Wildman–Crippen LogP) is 2.55. The van der Waals surface area contributed by atoms with E-state index < -0.39 is 0 Å². The number of para-hydroxylation sites is 1. The molecular weight excluding hydrogens is 336 g/mol. The van der Waals surface area contributed by atoms with Crippen LogP contribution in [0.1, 0.15) is 12.5 Å². The van der Waals surface area contributed by atoms with Crippen molar-refractivity contribution < 1.29 is 9.53 Å². The van der Waals surface area contributed by atoms with E-state index in [4.69, 9.17) is 15.9 Å². The number of hydrogen-bond donors (Lipinski definition) is 2. The van der Waals surface area contributed by atoms with Crippen LogP contribution in [0, 0.1) is 12.3 Å². The summed E-state index contributed by atoms with van der Waals surface area (Å²) in [5.41, 5.74) is 7.27. The Balaban J connectivity index is 3.13. The number of amides is 2. The quantitative estimate of drug-likeness (QED) is 0.628. The summed E-state index contributed by atoms with van der Waals surface area (Å²) in [7, 11) is 1.54. The van der Waals surface area contributed by atoms with Gasteiger partial charge < -0.3 is 10.5 Å². The largest absolute Gasteiger partial charge is 0.383 e. The standard InChI is InChI=1S/C14H21BrN4O2/c1-4-18(12-10(2)6-5-7-11(12)15)14(20)19(13(16)17)8-9-21-3/h5-7H,4,8-9H2,1-3H3,(H3,16,17). The summed E-state index contributed by atoms with van der Waals surface area (Å²) in [5.74, 6) is -0.291. The number of guanidine groups is 1. The van der Waals surface area contributed by atoms with Gasteiger partial charge in [-0.1, -0.05) is 12.1 Å². The van der Waals surface area contributed by atoms with E-state index in [-0.39, 0.29) is 18.5 Å². The minimum absolute atomic E-state index is 0.241. The van der Waals surface area contributed by atoms with Crippen LogP contribution in [0.2, 0.25) is 0 Å². The molecule has 1 rings (SSSR count). The number of carbonyl (C=O) groups excluding carboxylic acids is 1. The van der Waals surface area contributed by atoms with E-state index in [0.29, 0.717) is 13.2 Å². The fourth-order valence-corrected chi connectivity index (χ4v) is 2.68. The van der Waals surface area contributed by atoms with Crippen LogP contribution in [-0.4, -0.2) is 43.7 Å². The van der Waals surface area contributed by atoms with E-state index in [1.807, 2.05) is 32.0 Å². The highest BCUT2D eigenvalue weighted by Gasteiger charge is 2.25. The molecular formula is C14H21BrN4O2. The zero-order valence-electron chi connectivity index (χ0n) is 12.5. The van der Waals surface area contributed by atoms with E-state index in [0.717, 1.165) is 15.7 Å². The van der Waals surface area contributed by atoms with Crippen LogP contribution in [0.5, 0.6) is 0 Å². The van der Waals surface area contributed by atoms with Gasteiger partial charge in [-0.3, -0.25) is 15.2 Å². The maximum Gasteiger partial charge on any atom is 0.331 e. The number of halogens is 1. The second-order valence-corrected chi connectivity index (χ2v) is 5.32. The van der Waals surface area contributed by atoms with Crippen LogP contribution < -0.4 is 10.6 Å². The summed E-state index contributed by atoms with van der Waals surface area (Å²) in [5, 5.41) is 7.59. The van der Waals surface area contributed by atoms with Gasteiger partial charge in [-0.05, 0) is 41.4 Å². The summed E-state index contributed by atoms with van der Waals surface area (Å²) in [6.07, 6.45) is 0. The lowest BCUT2D eigenvalue weighted by Crippen LogP contribution is -2.50. The fourth-order valence-electron chi connectivity index (χ4n) is 2.00. The molecule has 7 heteroatoms. The maximum absolute atomic E-state index is 12.7. The molecule has 0 aliphatic rings. The molecule has 0 saturated carbocycles. The number of urea groups is 1. The van der Waals surface area contributed by atoms with Gasteiger partial charge in [0.15, 0.2) is 5.96 Å². The highest BCUT2D eigenvalue weighted by atomic mass is 79.9. The summed E-state index contributed by atoms with van der Waals surface area (Å²) in [4.78, 5) is 15.5. The van der Waals surface area contributed by atoms with Gasteiger partial charge in [0.25, 0.3) is 0 Å². The lowest BCUT2D eigenvalue weighted by atomic mass is 10.2. The van der Waals surface area contributed by atoms with Gasteiger partial charge in [0.2, 0.25) is 0 Å². The van der Waals surface area contributed by atoms with Gasteiger partial charge in [0.1, 0.15) is 0 Å². The van der Waals surface area contributed by atoms with Crippen LogP contribution in [0.4, 0.5) is 10.5 Å². The second-order valence-electron chi connectivity index (χ2n) is 4.46. The van der Waals surface area contributed by atoms with Crippen molar-refractivity contribution in [2.24, 2.45) is 5.73 Å². The molecule has 0 saturated heterocycles. The summed E-state index contributed by atoms with van der Waals surface area (Å²) in [6, 6.07) is 5.39. The molecule has 6 nitrogen and oxygen atoms in total. The number of ether oxygens (including phenoxy) is 1. The molecule has 0 unspecified atom stereocenters. The van der Waals surface area contributed by atoms with Crippen molar-refractivity contribution in [3.05, 3.63) is 28.2 Å². The maximum atomic E-state index is 12.7. The van der Waals surface area contributed by atoms with E-state index >= 15 is 0 Å². The number of benzene rings is 1. The Morgan fingerprint density at radius 1 is 1.48 bits per heavy atom. The molecule has 0 aliphatic carbocycles. The predicted molar refractivity (Wildman–Crippen MR) is 87.8 cm³/mol. The Morgan fingerprint density at radius 3 is 2.62 bits per heavy atom. The van der Waals surface area contributed by atoms with Gasteiger partial charge in [0.05, 0.1) is 18.8 Å². The Morgan fingerprint density at radius 2 is 2.14 bits per heavy atom. The van der Waals surface area contributed by atoms with E-state index in [2.05, 4.69) is 15.9 Å². The first-order valence-electron chi connectivity index (χ1n) is 6.61. The molecule has 1 aromatic carbocycles. The zero-order valence-corrected chi connectivity index (χ0v) is 14.1. The van der Waals surface area contributed by atoms with Crippen molar-refractivity contribution in [2.45, 2.75) is 13.8 Å². The van der Waals surface area contributed by atoms with Crippen molar-refractivity contribution in [3.63, 3.8) is 0 Å². The van der Waals surface area contributed by atoms with Crippen LogP contribution >= 0.6 is 15.9 Å². The number of hydrogen-bond acceptors (Lipinski definition) is 3. The van der Waals surface area contributed by atoms with Gasteiger partial charge in [0, 0.05) is 18.1 Å². The Labute approximate surface area is 133 Å². The molecule has 116 valence electrons. The van der Waals surface area contributed by atoms with E-state index in [1.165, 1.54) is 12.0 Å². The van der Waals surface area contributed by atoms with Crippen molar-refractivity contribution in [1.29, 1.82) is 5.41 Å². The van der Waals surface area contributed by atoms with Crippen molar-refractivity contribution >= 4 is 33.6 Å². The molecule has 21 heavy (non-hydrogen) atoms. The molecule has 0 aliphatic heterocycles. The van der Waals surface area contributed by atoms with Crippen molar-refractivity contribution in [2.75, 3.05) is 31.7 Å². The number of nitrogens with two attached hydrogens (primary N) is 1. The minimum Gasteiger partial charge on any atom is -0.383 e. The molecule has 2 amide bonds. The molecule has 1 aromatic rings. The number of methoxy groups -OCH3 is 1. The van der Waals surface area contributed by atoms with Gasteiger partial charge in [-0.25, -0.2) is 4.79 Å². The third-order valence-corrected chi connectivity index (χ3v) is 3.69. The number of aryl methyl sites for hydroxylation is 1. The number of nitrogens with zero attached hydrogens (tertiary/aromatic N) is 2. The monoisotopic (exact) mass is 356 g/mol. The van der Waals surface area contributed by atoms with Crippen molar-refractivity contribution in [1.82, 2.24) is 4.90 Å². The average molecular weight is 357 g/mol. The average Bonchev–Trinajstić information content (AvgIpc) is 2.42. The molecule has 0 bridgehead atoms. The molecule has 0 radical (unpaired) electrons. The molecule has 3 N–H and O–H groups in total. The van der Waals surface area contributed by atoms with E-state index in [9.17, 15) is 4.79 Å². The first-order chi connectivity index (χ1) is 9.93. The third kappa shape index (κ3) is 4.18. The van der Waals surface area contributed by atoms with Crippen LogP contribution in [-0.2, 0) is 4.74 Å². The first kappa shape index (κ1) is 17.5. The number of nitrogens with one attached hydrogen (secondary N) is 1. The lowest BCUT2D eigenvalue weighted by molar-refractivity contribution is 0.174. The molecule has 0 atom stereocenters. The Hall–Kier alpha value is -1.60. The van der Waals surface area contributed by atoms with Gasteiger partial charge >= 0.3 is 6.03 Å².